The van der Waals surface area contributed by atoms with Crippen LogP contribution in [0.15, 0.2) is 24.3 Å². The number of rotatable bonds is 1. The molecule has 2 nitrogen and oxygen atoms in total. The number of hydrogen-bond acceptors (Lipinski definition) is 2. The van der Waals surface area contributed by atoms with E-state index >= 15 is 0 Å². The second-order valence-electron chi connectivity index (χ2n) is 4.70. The Kier molecular flexibility index (Phi) is 1.99. The van der Waals surface area contributed by atoms with Gasteiger partial charge in [0.1, 0.15) is 11.4 Å². The highest BCUT2D eigenvalue weighted by Crippen LogP contribution is 2.51. The van der Waals surface area contributed by atoms with Crippen LogP contribution in [0.4, 0.5) is 0 Å². The highest BCUT2D eigenvalue weighted by Gasteiger charge is 2.48. The number of fused-ring (bicyclic) bond motifs is 1. The largest absolute Gasteiger partial charge is 0.486 e. The van der Waals surface area contributed by atoms with Crippen LogP contribution in [-0.4, -0.2) is 12.1 Å². The fourth-order valence-electron chi connectivity index (χ4n) is 3.20. The van der Waals surface area contributed by atoms with Crippen LogP contribution in [0.2, 0.25) is 0 Å². The van der Waals surface area contributed by atoms with Gasteiger partial charge < -0.3 is 10.5 Å². The average molecular weight is 203 g/mol. The molecule has 1 fully saturated rings. The molecule has 1 aromatic rings. The summed E-state index contributed by atoms with van der Waals surface area (Å²) < 4.78 is 6.18. The molecule has 0 saturated heterocycles. The minimum atomic E-state index is 0.0401. The van der Waals surface area contributed by atoms with Crippen molar-refractivity contribution in [2.24, 2.45) is 5.73 Å². The molecule has 1 atom stereocenters. The molecule has 0 bridgehead atoms. The quantitative estimate of drug-likeness (QED) is 0.760. The Hall–Kier alpha value is -1.02. The first-order chi connectivity index (χ1) is 7.36. The summed E-state index contributed by atoms with van der Waals surface area (Å²) in [6.45, 7) is 0.705. The molecule has 1 spiro atoms. The van der Waals surface area contributed by atoms with Gasteiger partial charge in [-0.25, -0.2) is 0 Å². The zero-order valence-electron chi connectivity index (χ0n) is 8.91. The number of benzene rings is 1. The number of para-hydroxylation sites is 1. The van der Waals surface area contributed by atoms with Gasteiger partial charge in [0.25, 0.3) is 0 Å². The lowest BCUT2D eigenvalue weighted by Crippen LogP contribution is -2.38. The van der Waals surface area contributed by atoms with E-state index < -0.39 is 0 Å². The first-order valence-electron chi connectivity index (χ1n) is 5.84. The molecule has 1 saturated carbocycles. The van der Waals surface area contributed by atoms with Crippen LogP contribution in [0.1, 0.15) is 37.2 Å². The van der Waals surface area contributed by atoms with E-state index in [4.69, 9.17) is 10.5 Å². The summed E-state index contributed by atoms with van der Waals surface area (Å²) >= 11 is 0. The molecule has 2 heteroatoms. The van der Waals surface area contributed by atoms with Crippen LogP contribution < -0.4 is 10.5 Å². The van der Waals surface area contributed by atoms with E-state index in [9.17, 15) is 0 Å². The van der Waals surface area contributed by atoms with Crippen molar-refractivity contribution >= 4 is 0 Å². The fraction of sp³-hybridized carbons (Fsp3) is 0.538. The minimum absolute atomic E-state index is 0.0401. The Labute approximate surface area is 90.4 Å². The molecule has 0 aromatic heterocycles. The first kappa shape index (κ1) is 9.22. The number of ether oxygens (including phenoxy) is 1. The van der Waals surface area contributed by atoms with Gasteiger partial charge in [-0.1, -0.05) is 18.2 Å². The molecular formula is C13H17NO. The van der Waals surface area contributed by atoms with E-state index in [0.717, 1.165) is 5.75 Å². The third-order valence-electron chi connectivity index (χ3n) is 3.93. The summed E-state index contributed by atoms with van der Waals surface area (Å²) in [5, 5.41) is 0. The van der Waals surface area contributed by atoms with Gasteiger partial charge in [-0.2, -0.15) is 0 Å². The van der Waals surface area contributed by atoms with Crippen molar-refractivity contribution in [1.82, 2.24) is 0 Å². The maximum absolute atomic E-state index is 6.18. The minimum Gasteiger partial charge on any atom is -0.486 e. The third kappa shape index (κ3) is 1.21. The van der Waals surface area contributed by atoms with E-state index in [0.29, 0.717) is 12.5 Å². The topological polar surface area (TPSA) is 35.2 Å². The molecule has 0 amide bonds. The van der Waals surface area contributed by atoms with Gasteiger partial charge in [-0.3, -0.25) is 0 Å². The molecule has 15 heavy (non-hydrogen) atoms. The zero-order valence-corrected chi connectivity index (χ0v) is 8.91. The summed E-state index contributed by atoms with van der Waals surface area (Å²) in [6.07, 6.45) is 4.90. The molecule has 2 N–H and O–H groups in total. The maximum atomic E-state index is 6.18. The van der Waals surface area contributed by atoms with Crippen molar-refractivity contribution in [1.29, 1.82) is 0 Å². The molecule has 1 unspecified atom stereocenters. The predicted octanol–water partition coefficient (Wildman–Crippen LogP) is 2.43. The highest BCUT2D eigenvalue weighted by molar-refractivity contribution is 5.43. The Balaban J connectivity index is 2.04. The lowest BCUT2D eigenvalue weighted by molar-refractivity contribution is 0.0780. The number of nitrogens with two attached hydrogens (primary N) is 1. The number of hydrogen-bond donors (Lipinski definition) is 1. The fourth-order valence-corrected chi connectivity index (χ4v) is 3.20. The van der Waals surface area contributed by atoms with Crippen LogP contribution in [0.3, 0.4) is 0 Å². The normalized spacial score (nSPS) is 26.6. The highest BCUT2D eigenvalue weighted by atomic mass is 16.5. The van der Waals surface area contributed by atoms with E-state index in [1.165, 1.54) is 31.2 Å². The molecular weight excluding hydrogens is 186 g/mol. The molecule has 0 radical (unpaired) electrons. The monoisotopic (exact) mass is 203 g/mol. The van der Waals surface area contributed by atoms with Gasteiger partial charge in [0.15, 0.2) is 0 Å². The van der Waals surface area contributed by atoms with Crippen LogP contribution in [-0.2, 0) is 0 Å². The Morgan fingerprint density at radius 1 is 1.27 bits per heavy atom. The van der Waals surface area contributed by atoms with E-state index in [1.54, 1.807) is 0 Å². The summed E-state index contributed by atoms with van der Waals surface area (Å²) in [5.74, 6) is 1.48. The van der Waals surface area contributed by atoms with Crippen molar-refractivity contribution in [3.05, 3.63) is 29.8 Å². The smallest absolute Gasteiger partial charge is 0.123 e. The predicted molar refractivity (Wildman–Crippen MR) is 60.1 cm³/mol. The van der Waals surface area contributed by atoms with Crippen LogP contribution >= 0.6 is 0 Å². The molecule has 1 aromatic carbocycles. The van der Waals surface area contributed by atoms with Gasteiger partial charge >= 0.3 is 0 Å². The van der Waals surface area contributed by atoms with E-state index in [2.05, 4.69) is 18.2 Å². The van der Waals surface area contributed by atoms with E-state index in [-0.39, 0.29) is 5.60 Å². The van der Waals surface area contributed by atoms with Crippen molar-refractivity contribution in [3.63, 3.8) is 0 Å². The van der Waals surface area contributed by atoms with Crippen LogP contribution in [0, 0.1) is 0 Å². The molecule has 2 aliphatic rings. The molecule has 80 valence electrons. The lowest BCUT2D eigenvalue weighted by Gasteiger charge is -2.29. The Morgan fingerprint density at radius 2 is 2.00 bits per heavy atom. The molecule has 1 aliphatic carbocycles. The second-order valence-corrected chi connectivity index (χ2v) is 4.70. The van der Waals surface area contributed by atoms with E-state index in [1.807, 2.05) is 6.07 Å². The third-order valence-corrected chi connectivity index (χ3v) is 3.93. The van der Waals surface area contributed by atoms with Crippen molar-refractivity contribution in [2.45, 2.75) is 37.2 Å². The zero-order chi connectivity index (χ0) is 10.3. The summed E-state index contributed by atoms with van der Waals surface area (Å²) in [7, 11) is 0. The summed E-state index contributed by atoms with van der Waals surface area (Å²) in [6, 6.07) is 8.37. The summed E-state index contributed by atoms with van der Waals surface area (Å²) in [4.78, 5) is 0. The average Bonchev–Trinajstić information content (AvgIpc) is 2.83. The second kappa shape index (κ2) is 3.24. The van der Waals surface area contributed by atoms with Gasteiger partial charge in [-0.15, -0.1) is 0 Å². The van der Waals surface area contributed by atoms with Crippen LogP contribution in [0.5, 0.6) is 5.75 Å². The van der Waals surface area contributed by atoms with Gasteiger partial charge in [-0.05, 0) is 31.7 Å². The Bertz CT molecular complexity index is 369. The van der Waals surface area contributed by atoms with Crippen molar-refractivity contribution < 1.29 is 4.74 Å². The lowest BCUT2D eigenvalue weighted by atomic mass is 9.83. The van der Waals surface area contributed by atoms with Gasteiger partial charge in [0.2, 0.25) is 0 Å². The molecule has 1 heterocycles. The standard InChI is InChI=1S/C13H17NO/c14-9-11-10-5-1-2-6-12(10)15-13(11)7-3-4-8-13/h1-2,5-6,11H,3-4,7-9,14H2. The van der Waals surface area contributed by atoms with Crippen molar-refractivity contribution in [3.8, 4) is 5.75 Å². The maximum Gasteiger partial charge on any atom is 0.123 e. The SMILES string of the molecule is NCC1c2ccccc2OC12CCCC2. The molecule has 1 aliphatic heterocycles. The molecule has 3 rings (SSSR count). The van der Waals surface area contributed by atoms with Crippen LogP contribution in [0.25, 0.3) is 0 Å². The Morgan fingerprint density at radius 3 is 2.73 bits per heavy atom. The van der Waals surface area contributed by atoms with Gasteiger partial charge in [0, 0.05) is 18.0 Å². The first-order valence-corrected chi connectivity index (χ1v) is 5.84. The van der Waals surface area contributed by atoms with Crippen molar-refractivity contribution in [2.75, 3.05) is 6.54 Å². The van der Waals surface area contributed by atoms with Gasteiger partial charge in [0.05, 0.1) is 0 Å². The summed E-state index contributed by atoms with van der Waals surface area (Å²) in [5.41, 5.74) is 7.28.